The number of ether oxygens (including phenoxy) is 1. The lowest BCUT2D eigenvalue weighted by molar-refractivity contribution is 0.413. The predicted molar refractivity (Wildman–Crippen MR) is 43.8 cm³/mol. The molecule has 4 N–H and O–H groups in total. The second-order valence-corrected chi connectivity index (χ2v) is 2.92. The van der Waals surface area contributed by atoms with E-state index in [1.54, 1.807) is 0 Å². The quantitative estimate of drug-likeness (QED) is 0.600. The summed E-state index contributed by atoms with van der Waals surface area (Å²) in [5.74, 6) is 0. The maximum Gasteiger partial charge on any atom is 0.306 e. The summed E-state index contributed by atoms with van der Waals surface area (Å²) in [5.41, 5.74) is 10.6. The molecule has 2 rings (SSSR count). The van der Waals surface area contributed by atoms with Crippen LogP contribution in [0.1, 0.15) is 0 Å². The Morgan fingerprint density at radius 2 is 2.25 bits per heavy atom. The molecule has 63 valence electrons. The Bertz CT molecular complexity index is 321. The van der Waals surface area contributed by atoms with Gasteiger partial charge in [0.25, 0.3) is 6.73 Å². The van der Waals surface area contributed by atoms with Crippen molar-refractivity contribution in [1.29, 1.82) is 0 Å². The van der Waals surface area contributed by atoms with E-state index in [2.05, 4.69) is 15.3 Å². The summed E-state index contributed by atoms with van der Waals surface area (Å²) in [4.78, 5) is 0. The molecule has 1 radical (unpaired) electrons. The van der Waals surface area contributed by atoms with Crippen LogP contribution in [-0.4, -0.2) is 16.2 Å². The van der Waals surface area contributed by atoms with Gasteiger partial charge in [-0.3, -0.25) is 0 Å². The number of amidine groups is 1. The fourth-order valence-corrected chi connectivity index (χ4v) is 1.19. The third-order valence-corrected chi connectivity index (χ3v) is 1.85. The molecule has 2 heterocycles. The normalized spacial score (nSPS) is 16.0. The molecule has 8 heteroatoms. The van der Waals surface area contributed by atoms with E-state index < -0.39 is 0 Å². The number of hydrazone groups is 1. The van der Waals surface area contributed by atoms with Crippen LogP contribution in [0.5, 0.6) is 0 Å². The van der Waals surface area contributed by atoms with Crippen molar-refractivity contribution in [1.82, 2.24) is 10.2 Å². The van der Waals surface area contributed by atoms with Crippen LogP contribution in [0.15, 0.2) is 5.10 Å². The molecule has 1 aliphatic heterocycles. The lowest BCUT2D eigenvalue weighted by Crippen LogP contribution is -2.08. The second kappa shape index (κ2) is 2.48. The van der Waals surface area contributed by atoms with Crippen molar-refractivity contribution >= 4 is 27.6 Å². The van der Waals surface area contributed by atoms with Crippen LogP contribution in [0.2, 0.25) is 0 Å². The molecule has 0 aliphatic carbocycles. The molecule has 0 saturated heterocycles. The van der Waals surface area contributed by atoms with Crippen molar-refractivity contribution in [2.24, 2.45) is 10.8 Å². The molecule has 0 spiro atoms. The molecule has 1 aliphatic rings. The molecule has 0 unspecified atom stereocenters. The number of hydrogen-bond donors (Lipinski definition) is 2. The van der Waals surface area contributed by atoms with E-state index >= 15 is 0 Å². The van der Waals surface area contributed by atoms with Crippen LogP contribution in [0.25, 0.3) is 0 Å². The largest absolute Gasteiger partial charge is 0.432 e. The first kappa shape index (κ1) is 7.10. The Kier molecular flexibility index (Phi) is 1.47. The Morgan fingerprint density at radius 1 is 1.42 bits per heavy atom. The highest BCUT2D eigenvalue weighted by Crippen LogP contribution is 2.24. The number of anilines is 2. The molecule has 12 heavy (non-hydrogen) atoms. The minimum atomic E-state index is 0.0729. The third-order valence-electron chi connectivity index (χ3n) is 1.11. The molecular weight excluding hydrogens is 180 g/mol. The van der Waals surface area contributed by atoms with E-state index in [1.165, 1.54) is 23.1 Å². The minimum absolute atomic E-state index is 0.0729. The van der Waals surface area contributed by atoms with Gasteiger partial charge in [0.15, 0.2) is 0 Å². The Balaban J connectivity index is 2.21. The van der Waals surface area contributed by atoms with Crippen LogP contribution < -0.4 is 16.5 Å². The number of hydrogen-bond acceptors (Lipinski definition) is 8. The number of rotatable bonds is 1. The van der Waals surface area contributed by atoms with E-state index in [-0.39, 0.29) is 6.02 Å². The fraction of sp³-hybridized carbons (Fsp3) is 0. The van der Waals surface area contributed by atoms with E-state index in [4.69, 9.17) is 16.2 Å². The number of nitrogens with zero attached hydrogens (tertiary/aromatic N) is 4. The summed E-state index contributed by atoms with van der Waals surface area (Å²) < 4.78 is 4.76. The Morgan fingerprint density at radius 3 is 2.75 bits per heavy atom. The SMILES string of the molecule is NC1=NN(c2nnc(N)s2)[CH]O1. The molecule has 7 nitrogen and oxygen atoms in total. The van der Waals surface area contributed by atoms with Crippen molar-refractivity contribution in [3.63, 3.8) is 0 Å². The summed E-state index contributed by atoms with van der Waals surface area (Å²) in [6, 6.07) is 0.0729. The smallest absolute Gasteiger partial charge is 0.306 e. The zero-order valence-corrected chi connectivity index (χ0v) is 6.65. The van der Waals surface area contributed by atoms with Gasteiger partial charge in [-0.2, -0.15) is 5.01 Å². The lowest BCUT2D eigenvalue weighted by Gasteiger charge is -2.01. The summed E-state index contributed by atoms with van der Waals surface area (Å²) in [7, 11) is 0. The van der Waals surface area contributed by atoms with Gasteiger partial charge in [0.2, 0.25) is 10.3 Å². The van der Waals surface area contributed by atoms with Crippen LogP contribution in [0.3, 0.4) is 0 Å². The van der Waals surface area contributed by atoms with Crippen molar-refractivity contribution < 1.29 is 4.74 Å². The zero-order valence-electron chi connectivity index (χ0n) is 5.84. The summed E-state index contributed by atoms with van der Waals surface area (Å²) in [6.45, 7) is 1.33. The van der Waals surface area contributed by atoms with Crippen LogP contribution >= 0.6 is 11.3 Å². The molecule has 1 aromatic rings. The molecule has 0 atom stereocenters. The first-order valence-corrected chi connectivity index (χ1v) is 3.79. The number of nitrogen functional groups attached to an aromatic ring is 1. The first-order chi connectivity index (χ1) is 5.75. The standard InChI is InChI=1S/C4H5N6OS/c5-2-9-10(1-11-2)4-8-7-3(6)12-4/h1H,(H2,5,9)(H2,6,7). The van der Waals surface area contributed by atoms with Crippen molar-refractivity contribution in [2.75, 3.05) is 10.7 Å². The van der Waals surface area contributed by atoms with Crippen molar-refractivity contribution in [3.8, 4) is 0 Å². The Labute approximate surface area is 71.6 Å². The average molecular weight is 185 g/mol. The van der Waals surface area contributed by atoms with Gasteiger partial charge in [-0.1, -0.05) is 11.3 Å². The molecule has 1 aromatic heterocycles. The average Bonchev–Trinajstić information content (AvgIpc) is 2.58. The van der Waals surface area contributed by atoms with Gasteiger partial charge in [0, 0.05) is 0 Å². The van der Waals surface area contributed by atoms with Gasteiger partial charge >= 0.3 is 6.02 Å². The predicted octanol–water partition coefficient (Wildman–Crippen LogP) is -0.694. The zero-order chi connectivity index (χ0) is 8.55. The van der Waals surface area contributed by atoms with Gasteiger partial charge in [0.05, 0.1) is 0 Å². The first-order valence-electron chi connectivity index (χ1n) is 2.98. The summed E-state index contributed by atoms with van der Waals surface area (Å²) in [6.07, 6.45) is 0. The molecule has 0 bridgehead atoms. The van der Waals surface area contributed by atoms with E-state index in [1.807, 2.05) is 0 Å². The van der Waals surface area contributed by atoms with Gasteiger partial charge in [-0.15, -0.1) is 15.3 Å². The summed E-state index contributed by atoms with van der Waals surface area (Å²) >= 11 is 1.19. The lowest BCUT2D eigenvalue weighted by atomic mass is 11.0. The topological polar surface area (TPSA) is 103 Å². The highest BCUT2D eigenvalue weighted by atomic mass is 32.1. The van der Waals surface area contributed by atoms with Gasteiger partial charge in [-0.05, 0) is 0 Å². The second-order valence-electron chi connectivity index (χ2n) is 1.93. The van der Waals surface area contributed by atoms with Gasteiger partial charge in [-0.25, -0.2) is 0 Å². The highest BCUT2D eigenvalue weighted by Gasteiger charge is 2.19. The number of aromatic nitrogens is 2. The van der Waals surface area contributed by atoms with Gasteiger partial charge in [0.1, 0.15) is 0 Å². The summed E-state index contributed by atoms with van der Waals surface area (Å²) in [5, 5.41) is 13.4. The Hall–Kier alpha value is -1.57. The maximum atomic E-state index is 5.36. The molecule has 0 saturated carbocycles. The van der Waals surface area contributed by atoms with Crippen LogP contribution in [0.4, 0.5) is 10.3 Å². The van der Waals surface area contributed by atoms with E-state index in [9.17, 15) is 0 Å². The molecule has 0 fully saturated rings. The molecular formula is C4H5N6OS. The monoisotopic (exact) mass is 185 g/mol. The van der Waals surface area contributed by atoms with E-state index in [0.29, 0.717) is 10.3 Å². The van der Waals surface area contributed by atoms with Crippen LogP contribution in [-0.2, 0) is 4.74 Å². The van der Waals surface area contributed by atoms with Crippen LogP contribution in [0, 0.1) is 6.73 Å². The molecule has 0 amide bonds. The maximum absolute atomic E-state index is 5.36. The highest BCUT2D eigenvalue weighted by molar-refractivity contribution is 7.18. The number of nitrogens with two attached hydrogens (primary N) is 2. The fourth-order valence-electron chi connectivity index (χ4n) is 0.664. The third kappa shape index (κ3) is 1.11. The van der Waals surface area contributed by atoms with Crippen molar-refractivity contribution in [2.45, 2.75) is 0 Å². The molecule has 0 aromatic carbocycles. The van der Waals surface area contributed by atoms with E-state index in [0.717, 1.165) is 0 Å². The van der Waals surface area contributed by atoms with Gasteiger partial charge < -0.3 is 16.2 Å². The minimum Gasteiger partial charge on any atom is -0.432 e. The van der Waals surface area contributed by atoms with Crippen molar-refractivity contribution in [3.05, 3.63) is 6.73 Å².